The van der Waals surface area contributed by atoms with Crippen LogP contribution in [0.15, 0.2) is 54.6 Å². The number of fused-ring (bicyclic) bond motifs is 1. The summed E-state index contributed by atoms with van der Waals surface area (Å²) in [5, 5.41) is 21.1. The maximum atomic E-state index is 12.8. The maximum absolute atomic E-state index is 12.8. The van der Waals surface area contributed by atoms with Crippen molar-refractivity contribution in [3.8, 4) is 5.75 Å². The van der Waals surface area contributed by atoms with Crippen molar-refractivity contribution in [3.63, 3.8) is 0 Å². The molecule has 0 radical (unpaired) electrons. The molecule has 4 nitrogen and oxygen atoms in total. The van der Waals surface area contributed by atoms with E-state index in [9.17, 15) is 15.0 Å². The highest BCUT2D eigenvalue weighted by Crippen LogP contribution is 2.27. The summed E-state index contributed by atoms with van der Waals surface area (Å²) in [5.41, 5.74) is 2.43. The van der Waals surface area contributed by atoms with E-state index in [1.54, 1.807) is 12.1 Å². The normalized spacial score (nSPS) is 10.8. The molecule has 3 aromatic rings. The van der Waals surface area contributed by atoms with Gasteiger partial charge in [0.15, 0.2) is 5.78 Å². The smallest absolute Gasteiger partial charge is 0.167 e. The van der Waals surface area contributed by atoms with Gasteiger partial charge < -0.3 is 14.9 Å². The Hall–Kier alpha value is -2.69. The van der Waals surface area contributed by atoms with Gasteiger partial charge in [-0.25, -0.2) is 0 Å². The minimum atomic E-state index is -0.262. The summed E-state index contributed by atoms with van der Waals surface area (Å²) in [7, 11) is 1.48. The number of carbonyl (C=O) groups is 1. The highest BCUT2D eigenvalue weighted by molar-refractivity contribution is 6.00. The quantitative estimate of drug-likeness (QED) is 0.678. The molecule has 0 aliphatic carbocycles. The van der Waals surface area contributed by atoms with Gasteiger partial charge in [0.2, 0.25) is 0 Å². The van der Waals surface area contributed by atoms with Crippen molar-refractivity contribution in [2.24, 2.45) is 0 Å². The SMILES string of the molecule is COc1cc(C(=O)Cc2cccc3ccccc23)cc(CO)c1CO. The minimum absolute atomic E-state index is 0.0613. The van der Waals surface area contributed by atoms with Crippen LogP contribution >= 0.6 is 0 Å². The molecule has 2 N–H and O–H groups in total. The number of hydrogen-bond acceptors (Lipinski definition) is 4. The summed E-state index contributed by atoms with van der Waals surface area (Å²) in [6.45, 7) is -0.515. The molecule has 0 aromatic heterocycles. The molecule has 0 bridgehead atoms. The van der Waals surface area contributed by atoms with Gasteiger partial charge in [-0.15, -0.1) is 0 Å². The number of aliphatic hydroxyl groups excluding tert-OH is 2. The van der Waals surface area contributed by atoms with Gasteiger partial charge in [-0.3, -0.25) is 4.79 Å². The van der Waals surface area contributed by atoms with Gasteiger partial charge in [-0.05, 0) is 34.0 Å². The second-order valence-corrected chi connectivity index (χ2v) is 5.87. The van der Waals surface area contributed by atoms with Gasteiger partial charge in [-0.1, -0.05) is 42.5 Å². The van der Waals surface area contributed by atoms with Gasteiger partial charge in [0, 0.05) is 17.5 Å². The standard InChI is InChI=1S/C21H20O4/c1-25-21-11-16(9-17(12-22)19(21)13-23)20(24)10-15-7-4-6-14-5-2-3-8-18(14)15/h2-9,11,22-23H,10,12-13H2,1H3. The molecule has 0 saturated heterocycles. The van der Waals surface area contributed by atoms with E-state index in [2.05, 4.69) is 0 Å². The minimum Gasteiger partial charge on any atom is -0.496 e. The average Bonchev–Trinajstić information content (AvgIpc) is 2.66. The van der Waals surface area contributed by atoms with E-state index in [-0.39, 0.29) is 25.4 Å². The zero-order valence-corrected chi connectivity index (χ0v) is 14.0. The van der Waals surface area contributed by atoms with Crippen molar-refractivity contribution in [2.75, 3.05) is 7.11 Å². The third-order valence-corrected chi connectivity index (χ3v) is 4.40. The van der Waals surface area contributed by atoms with E-state index < -0.39 is 0 Å². The van der Waals surface area contributed by atoms with E-state index in [1.807, 2.05) is 42.5 Å². The fourth-order valence-electron chi connectivity index (χ4n) is 3.09. The molecule has 3 rings (SSSR count). The molecule has 0 atom stereocenters. The predicted octanol–water partition coefficient (Wildman–Crippen LogP) is 3.26. The molecule has 128 valence electrons. The van der Waals surface area contributed by atoms with Gasteiger partial charge in [-0.2, -0.15) is 0 Å². The third kappa shape index (κ3) is 3.40. The Morgan fingerprint density at radius 1 is 0.960 bits per heavy atom. The van der Waals surface area contributed by atoms with Gasteiger partial charge in [0.05, 0.1) is 20.3 Å². The number of rotatable bonds is 6. The monoisotopic (exact) mass is 336 g/mol. The van der Waals surface area contributed by atoms with Crippen LogP contribution in [0.2, 0.25) is 0 Å². The fourth-order valence-corrected chi connectivity index (χ4v) is 3.09. The molecule has 0 unspecified atom stereocenters. The first-order chi connectivity index (χ1) is 12.2. The van der Waals surface area contributed by atoms with Crippen LogP contribution in [0.1, 0.15) is 27.0 Å². The number of methoxy groups -OCH3 is 1. The van der Waals surface area contributed by atoms with E-state index in [4.69, 9.17) is 4.74 Å². The lowest BCUT2D eigenvalue weighted by Crippen LogP contribution is -2.08. The summed E-state index contributed by atoms with van der Waals surface area (Å²) >= 11 is 0. The highest BCUT2D eigenvalue weighted by Gasteiger charge is 2.16. The fraction of sp³-hybridized carbons (Fsp3) is 0.190. The molecule has 0 saturated carbocycles. The molecule has 0 aliphatic rings. The molecule has 0 amide bonds. The number of carbonyl (C=O) groups excluding carboxylic acids is 1. The first-order valence-corrected chi connectivity index (χ1v) is 8.09. The third-order valence-electron chi connectivity index (χ3n) is 4.40. The van der Waals surface area contributed by atoms with E-state index in [0.29, 0.717) is 22.4 Å². The summed E-state index contributed by atoms with van der Waals surface area (Å²) in [6, 6.07) is 17.1. The molecule has 0 heterocycles. The van der Waals surface area contributed by atoms with Crippen molar-refractivity contribution in [3.05, 3.63) is 76.9 Å². The summed E-state index contributed by atoms with van der Waals surface area (Å²) in [4.78, 5) is 12.8. The van der Waals surface area contributed by atoms with Crippen LogP contribution in [0, 0.1) is 0 Å². The van der Waals surface area contributed by atoms with Gasteiger partial charge in [0.1, 0.15) is 5.75 Å². The Labute approximate surface area is 146 Å². The first kappa shape index (κ1) is 17.1. The lowest BCUT2D eigenvalue weighted by atomic mass is 9.95. The second kappa shape index (κ2) is 7.47. The van der Waals surface area contributed by atoms with Crippen LogP contribution in [0.3, 0.4) is 0 Å². The van der Waals surface area contributed by atoms with Crippen LogP contribution in [0.25, 0.3) is 10.8 Å². The molecule has 0 aliphatic heterocycles. The van der Waals surface area contributed by atoms with Crippen molar-refractivity contribution in [1.29, 1.82) is 0 Å². The van der Waals surface area contributed by atoms with Crippen molar-refractivity contribution < 1.29 is 19.7 Å². The number of Topliss-reactive ketones (excluding diaryl/α,β-unsaturated/α-hetero) is 1. The molecule has 25 heavy (non-hydrogen) atoms. The van der Waals surface area contributed by atoms with Crippen LogP contribution in [-0.4, -0.2) is 23.1 Å². The lowest BCUT2D eigenvalue weighted by molar-refractivity contribution is 0.0992. The van der Waals surface area contributed by atoms with Crippen molar-refractivity contribution in [2.45, 2.75) is 19.6 Å². The van der Waals surface area contributed by atoms with Crippen molar-refractivity contribution >= 4 is 16.6 Å². The number of ether oxygens (including phenoxy) is 1. The number of ketones is 1. The van der Waals surface area contributed by atoms with E-state index in [1.165, 1.54) is 7.11 Å². The van der Waals surface area contributed by atoms with Crippen LogP contribution in [0.4, 0.5) is 0 Å². The zero-order chi connectivity index (χ0) is 17.8. The Bertz CT molecular complexity index is 884. The van der Waals surface area contributed by atoms with Crippen LogP contribution < -0.4 is 4.74 Å². The first-order valence-electron chi connectivity index (χ1n) is 8.09. The molecule has 4 heteroatoms. The second-order valence-electron chi connectivity index (χ2n) is 5.87. The largest absolute Gasteiger partial charge is 0.496 e. The summed E-state index contributed by atoms with van der Waals surface area (Å²) in [5.74, 6) is 0.351. The van der Waals surface area contributed by atoms with E-state index in [0.717, 1.165) is 16.3 Å². The maximum Gasteiger partial charge on any atom is 0.167 e. The zero-order valence-electron chi connectivity index (χ0n) is 14.0. The number of hydrogen-bond donors (Lipinski definition) is 2. The van der Waals surface area contributed by atoms with Gasteiger partial charge >= 0.3 is 0 Å². The van der Waals surface area contributed by atoms with Crippen LogP contribution in [0.5, 0.6) is 5.75 Å². The highest BCUT2D eigenvalue weighted by atomic mass is 16.5. The molecule has 3 aromatic carbocycles. The lowest BCUT2D eigenvalue weighted by Gasteiger charge is -2.13. The topological polar surface area (TPSA) is 66.8 Å². The Kier molecular flexibility index (Phi) is 5.12. The van der Waals surface area contributed by atoms with E-state index >= 15 is 0 Å². The Balaban J connectivity index is 1.98. The molecular weight excluding hydrogens is 316 g/mol. The summed E-state index contributed by atoms with van der Waals surface area (Å²) in [6.07, 6.45) is 0.258. The average molecular weight is 336 g/mol. The molecular formula is C21H20O4. The number of aliphatic hydroxyl groups is 2. The van der Waals surface area contributed by atoms with Crippen molar-refractivity contribution in [1.82, 2.24) is 0 Å². The van der Waals surface area contributed by atoms with Gasteiger partial charge in [0.25, 0.3) is 0 Å². The Morgan fingerprint density at radius 3 is 2.44 bits per heavy atom. The molecule has 0 fully saturated rings. The van der Waals surface area contributed by atoms with Crippen LogP contribution in [-0.2, 0) is 19.6 Å². The molecule has 0 spiro atoms. The number of benzene rings is 3. The predicted molar refractivity (Wildman–Crippen MR) is 96.8 cm³/mol. The summed E-state index contributed by atoms with van der Waals surface area (Å²) < 4.78 is 5.27. The Morgan fingerprint density at radius 2 is 1.72 bits per heavy atom.